The first kappa shape index (κ1) is 17.2. The highest BCUT2D eigenvalue weighted by molar-refractivity contribution is 5.84. The zero-order chi connectivity index (χ0) is 16.4. The number of hydrogen-bond donors (Lipinski definition) is 0. The highest BCUT2D eigenvalue weighted by atomic mass is 16.5. The molecule has 2 aliphatic carbocycles. The first-order valence-electron chi connectivity index (χ1n) is 9.58. The molecule has 132 valence electrons. The second kappa shape index (κ2) is 7.10. The number of methoxy groups -OCH3 is 1. The van der Waals surface area contributed by atoms with Crippen molar-refractivity contribution in [2.24, 2.45) is 17.3 Å². The lowest BCUT2D eigenvalue weighted by atomic mass is 9.68. The molecule has 23 heavy (non-hydrogen) atoms. The summed E-state index contributed by atoms with van der Waals surface area (Å²) in [6.45, 7) is 9.46. The predicted octanol–water partition coefficient (Wildman–Crippen LogP) is 2.77. The maximum Gasteiger partial charge on any atom is 0.231 e. The smallest absolute Gasteiger partial charge is 0.231 e. The van der Waals surface area contributed by atoms with E-state index in [4.69, 9.17) is 4.74 Å². The second-order valence-corrected chi connectivity index (χ2v) is 8.42. The van der Waals surface area contributed by atoms with Crippen molar-refractivity contribution in [1.29, 1.82) is 0 Å². The highest BCUT2D eigenvalue weighted by Gasteiger charge is 2.47. The Balaban J connectivity index is 1.68. The van der Waals surface area contributed by atoms with Gasteiger partial charge < -0.3 is 9.64 Å². The number of hydrogen-bond acceptors (Lipinski definition) is 3. The maximum atomic E-state index is 13.2. The molecule has 0 aromatic heterocycles. The molecule has 2 saturated carbocycles. The van der Waals surface area contributed by atoms with Gasteiger partial charge in [-0.1, -0.05) is 20.3 Å². The van der Waals surface area contributed by atoms with E-state index in [0.717, 1.165) is 44.8 Å². The molecule has 1 saturated heterocycles. The summed E-state index contributed by atoms with van der Waals surface area (Å²) in [6, 6.07) is 0.515. The molecule has 3 rings (SSSR count). The largest absolute Gasteiger partial charge is 0.384 e. The van der Waals surface area contributed by atoms with Crippen LogP contribution in [0.25, 0.3) is 0 Å². The van der Waals surface area contributed by atoms with Gasteiger partial charge in [-0.2, -0.15) is 0 Å². The minimum Gasteiger partial charge on any atom is -0.384 e. The molecule has 4 nitrogen and oxygen atoms in total. The molecule has 4 heteroatoms. The minimum absolute atomic E-state index is 0.206. The van der Waals surface area contributed by atoms with Crippen LogP contribution in [-0.2, 0) is 9.53 Å². The van der Waals surface area contributed by atoms with Crippen LogP contribution in [0.5, 0.6) is 0 Å². The lowest BCUT2D eigenvalue weighted by Crippen LogP contribution is -2.53. The summed E-state index contributed by atoms with van der Waals surface area (Å²) < 4.78 is 5.39. The van der Waals surface area contributed by atoms with Crippen LogP contribution in [-0.4, -0.2) is 61.6 Å². The number of ether oxygens (including phenoxy) is 1. The Labute approximate surface area is 141 Å². The van der Waals surface area contributed by atoms with Crippen LogP contribution in [0, 0.1) is 17.3 Å². The molecule has 0 radical (unpaired) electrons. The molecule has 1 atom stereocenters. The van der Waals surface area contributed by atoms with Gasteiger partial charge in [0.25, 0.3) is 0 Å². The normalized spacial score (nSPS) is 28.5. The van der Waals surface area contributed by atoms with Gasteiger partial charge in [0.2, 0.25) is 5.91 Å². The minimum atomic E-state index is -0.206. The summed E-state index contributed by atoms with van der Waals surface area (Å²) in [4.78, 5) is 18.0. The van der Waals surface area contributed by atoms with Gasteiger partial charge in [0.15, 0.2) is 0 Å². The van der Waals surface area contributed by atoms with E-state index < -0.39 is 0 Å². The number of amides is 1. The number of nitrogens with zero attached hydrogens (tertiary/aromatic N) is 2. The average molecular weight is 322 g/mol. The van der Waals surface area contributed by atoms with E-state index in [0.29, 0.717) is 24.5 Å². The Kier molecular flexibility index (Phi) is 5.32. The van der Waals surface area contributed by atoms with Gasteiger partial charge in [-0.25, -0.2) is 0 Å². The highest BCUT2D eigenvalue weighted by Crippen LogP contribution is 2.43. The van der Waals surface area contributed by atoms with Crippen LogP contribution in [0.15, 0.2) is 0 Å². The Hall–Kier alpha value is -0.610. The van der Waals surface area contributed by atoms with Crippen molar-refractivity contribution in [3.8, 4) is 0 Å². The molecular weight excluding hydrogens is 288 g/mol. The average Bonchev–Trinajstić information content (AvgIpc) is 3.29. The molecule has 1 aliphatic heterocycles. The summed E-state index contributed by atoms with van der Waals surface area (Å²) in [5.74, 6) is 1.89. The lowest BCUT2D eigenvalue weighted by molar-refractivity contribution is -0.152. The molecule has 1 amide bonds. The third-order valence-corrected chi connectivity index (χ3v) is 6.18. The fourth-order valence-electron chi connectivity index (χ4n) is 4.37. The number of carbonyl (C=O) groups is 1. The molecule has 3 aliphatic rings. The van der Waals surface area contributed by atoms with Crippen LogP contribution < -0.4 is 0 Å². The molecule has 0 N–H and O–H groups in total. The van der Waals surface area contributed by atoms with E-state index in [2.05, 4.69) is 23.6 Å². The van der Waals surface area contributed by atoms with Crippen molar-refractivity contribution in [3.05, 3.63) is 0 Å². The van der Waals surface area contributed by atoms with E-state index in [1.165, 1.54) is 25.8 Å². The zero-order valence-corrected chi connectivity index (χ0v) is 15.2. The summed E-state index contributed by atoms with van der Waals surface area (Å²) in [7, 11) is 1.73. The van der Waals surface area contributed by atoms with Gasteiger partial charge in [-0.3, -0.25) is 9.69 Å². The number of rotatable bonds is 6. The standard InChI is InChI=1S/C19H34N2O2/c1-15(2)17-13-21(11-5-10-20(17)12-16-6-7-16)18(22)19(14-23-3)8-4-9-19/h15-17H,4-14H2,1-3H3. The lowest BCUT2D eigenvalue weighted by Gasteiger charge is -2.44. The van der Waals surface area contributed by atoms with Crippen molar-refractivity contribution in [2.75, 3.05) is 39.9 Å². The van der Waals surface area contributed by atoms with Crippen LogP contribution >= 0.6 is 0 Å². The molecule has 0 aromatic rings. The molecule has 0 spiro atoms. The zero-order valence-electron chi connectivity index (χ0n) is 15.2. The van der Waals surface area contributed by atoms with E-state index >= 15 is 0 Å². The fourth-order valence-corrected chi connectivity index (χ4v) is 4.37. The Morgan fingerprint density at radius 3 is 2.48 bits per heavy atom. The molecule has 0 aromatic carbocycles. The summed E-state index contributed by atoms with van der Waals surface area (Å²) in [5, 5.41) is 0. The maximum absolute atomic E-state index is 13.2. The van der Waals surface area contributed by atoms with E-state index in [1.807, 2.05) is 0 Å². The topological polar surface area (TPSA) is 32.8 Å². The van der Waals surface area contributed by atoms with Crippen molar-refractivity contribution < 1.29 is 9.53 Å². The van der Waals surface area contributed by atoms with Gasteiger partial charge in [0.1, 0.15) is 0 Å². The Morgan fingerprint density at radius 2 is 1.96 bits per heavy atom. The van der Waals surface area contributed by atoms with Crippen LogP contribution in [0.1, 0.15) is 52.4 Å². The summed E-state index contributed by atoms with van der Waals surface area (Å²) in [6.07, 6.45) is 7.11. The van der Waals surface area contributed by atoms with Crippen LogP contribution in [0.4, 0.5) is 0 Å². The monoisotopic (exact) mass is 322 g/mol. The molecule has 1 unspecified atom stereocenters. The first-order chi connectivity index (χ1) is 11.1. The number of carbonyl (C=O) groups excluding carboxylic acids is 1. The van der Waals surface area contributed by atoms with E-state index in [-0.39, 0.29) is 5.41 Å². The predicted molar refractivity (Wildman–Crippen MR) is 92.3 cm³/mol. The third kappa shape index (κ3) is 3.74. The summed E-state index contributed by atoms with van der Waals surface area (Å²) in [5.41, 5.74) is -0.206. The fraction of sp³-hybridized carbons (Fsp3) is 0.947. The third-order valence-electron chi connectivity index (χ3n) is 6.18. The quantitative estimate of drug-likeness (QED) is 0.754. The van der Waals surface area contributed by atoms with Gasteiger partial charge in [-0.05, 0) is 43.9 Å². The van der Waals surface area contributed by atoms with Crippen molar-refractivity contribution >= 4 is 5.91 Å². The Morgan fingerprint density at radius 1 is 1.22 bits per heavy atom. The van der Waals surface area contributed by atoms with Crippen molar-refractivity contribution in [2.45, 2.75) is 58.4 Å². The van der Waals surface area contributed by atoms with Gasteiger partial charge in [-0.15, -0.1) is 0 Å². The van der Waals surface area contributed by atoms with E-state index in [1.54, 1.807) is 7.11 Å². The molecule has 3 fully saturated rings. The molecule has 1 heterocycles. The first-order valence-corrected chi connectivity index (χ1v) is 9.58. The molecule has 0 bridgehead atoms. The van der Waals surface area contributed by atoms with Crippen LogP contribution in [0.3, 0.4) is 0 Å². The summed E-state index contributed by atoms with van der Waals surface area (Å²) >= 11 is 0. The van der Waals surface area contributed by atoms with Crippen LogP contribution in [0.2, 0.25) is 0 Å². The van der Waals surface area contributed by atoms with Gasteiger partial charge in [0.05, 0.1) is 12.0 Å². The van der Waals surface area contributed by atoms with Crippen molar-refractivity contribution in [1.82, 2.24) is 9.80 Å². The molecular formula is C19H34N2O2. The van der Waals surface area contributed by atoms with Crippen molar-refractivity contribution in [3.63, 3.8) is 0 Å². The SMILES string of the molecule is COCC1(C(=O)N2CCCN(CC3CC3)C(C(C)C)C2)CCC1. The van der Waals surface area contributed by atoms with Gasteiger partial charge in [0, 0.05) is 39.3 Å². The Bertz CT molecular complexity index is 416. The van der Waals surface area contributed by atoms with Gasteiger partial charge >= 0.3 is 0 Å². The second-order valence-electron chi connectivity index (χ2n) is 8.42. The van der Waals surface area contributed by atoms with E-state index in [9.17, 15) is 4.79 Å².